The first-order chi connectivity index (χ1) is 14.6. The summed E-state index contributed by atoms with van der Waals surface area (Å²) in [4.78, 5) is 1.72. The van der Waals surface area contributed by atoms with E-state index in [4.69, 9.17) is 0 Å². The van der Waals surface area contributed by atoms with E-state index in [0.717, 1.165) is 38.5 Å². The van der Waals surface area contributed by atoms with Crippen LogP contribution in [0.3, 0.4) is 0 Å². The second-order valence-electron chi connectivity index (χ2n) is 7.11. The largest absolute Gasteiger partial charge is 0.266 e. The van der Waals surface area contributed by atoms with Gasteiger partial charge >= 0.3 is 0 Å². The molecule has 3 heterocycles. The summed E-state index contributed by atoms with van der Waals surface area (Å²) in [5.74, 6) is 0. The van der Waals surface area contributed by atoms with Crippen molar-refractivity contribution in [1.82, 2.24) is 19.4 Å². The van der Waals surface area contributed by atoms with Crippen molar-refractivity contribution in [3.05, 3.63) is 65.7 Å². The van der Waals surface area contributed by atoms with Gasteiger partial charge in [0.15, 0.2) is 0 Å². The first-order valence-corrected chi connectivity index (χ1v) is 10.5. The highest BCUT2D eigenvalue weighted by atomic mass is 32.2. The van der Waals surface area contributed by atoms with Gasteiger partial charge < -0.3 is 0 Å². The third kappa shape index (κ3) is 3.34. The Hall–Kier alpha value is -3.55. The van der Waals surface area contributed by atoms with Crippen LogP contribution in [0.1, 0.15) is 43.1 Å². The van der Waals surface area contributed by atoms with Gasteiger partial charge in [-0.1, -0.05) is 30.8 Å². The second kappa shape index (κ2) is 8.06. The molecule has 3 aromatic heterocycles. The number of pyridine rings is 1. The minimum atomic E-state index is 0.314. The molecule has 0 bridgehead atoms. The fourth-order valence-electron chi connectivity index (χ4n) is 3.48. The fraction of sp³-hybridized carbons (Fsp3) is 0.217. The first-order valence-electron chi connectivity index (χ1n) is 9.70. The molecule has 4 rings (SSSR count). The van der Waals surface area contributed by atoms with Crippen LogP contribution in [-0.4, -0.2) is 19.4 Å². The molecule has 0 radical (unpaired) electrons. The number of benzene rings is 1. The van der Waals surface area contributed by atoms with Crippen molar-refractivity contribution in [2.75, 3.05) is 0 Å². The van der Waals surface area contributed by atoms with E-state index in [9.17, 15) is 10.5 Å². The van der Waals surface area contributed by atoms with E-state index in [1.54, 1.807) is 16.8 Å². The minimum Gasteiger partial charge on any atom is -0.266 e. The lowest BCUT2D eigenvalue weighted by atomic mass is 10.1. The maximum Gasteiger partial charge on any atom is 0.103 e. The average molecular weight is 413 g/mol. The molecule has 6 nitrogen and oxygen atoms in total. The van der Waals surface area contributed by atoms with Crippen molar-refractivity contribution in [2.45, 2.75) is 43.0 Å². The zero-order valence-electron chi connectivity index (χ0n) is 17.0. The molecule has 1 aromatic carbocycles. The Labute approximate surface area is 179 Å². The smallest absolute Gasteiger partial charge is 0.103 e. The van der Waals surface area contributed by atoms with E-state index in [2.05, 4.69) is 49.2 Å². The standard InChI is InChI=1S/C23H20N6S/c1-4-15(2)29-16(3)20(13-27-29)18-9-22(23-19(11-25)12-26-28(23)14-18)30-21-8-6-5-7-17(21)10-24/h5-9,12-15H,4H2,1-3H3. The molecule has 0 spiro atoms. The van der Waals surface area contributed by atoms with Crippen molar-refractivity contribution in [1.29, 1.82) is 10.5 Å². The molecule has 148 valence electrons. The van der Waals surface area contributed by atoms with Crippen LogP contribution in [0.5, 0.6) is 0 Å². The van der Waals surface area contributed by atoms with Gasteiger partial charge in [-0.25, -0.2) is 4.52 Å². The van der Waals surface area contributed by atoms with Crippen molar-refractivity contribution in [2.24, 2.45) is 0 Å². The summed E-state index contributed by atoms with van der Waals surface area (Å²) in [5, 5.41) is 28.0. The zero-order valence-corrected chi connectivity index (χ0v) is 17.8. The van der Waals surface area contributed by atoms with E-state index in [-0.39, 0.29) is 0 Å². The lowest BCUT2D eigenvalue weighted by molar-refractivity contribution is 0.468. The molecule has 1 unspecified atom stereocenters. The molecule has 0 fully saturated rings. The molecule has 0 aliphatic carbocycles. The van der Waals surface area contributed by atoms with Crippen molar-refractivity contribution >= 4 is 17.3 Å². The Morgan fingerprint density at radius 1 is 1.07 bits per heavy atom. The molecule has 1 atom stereocenters. The SMILES string of the molecule is CCC(C)n1ncc(-c2cc(Sc3ccccc3C#N)c3c(C#N)cnn3c2)c1C. The van der Waals surface area contributed by atoms with E-state index in [1.807, 2.05) is 35.3 Å². The molecule has 0 saturated carbocycles. The van der Waals surface area contributed by atoms with Crippen molar-refractivity contribution in [3.63, 3.8) is 0 Å². The van der Waals surface area contributed by atoms with Gasteiger partial charge in [0.25, 0.3) is 0 Å². The molecule has 0 aliphatic heterocycles. The number of hydrogen-bond acceptors (Lipinski definition) is 5. The van der Waals surface area contributed by atoms with Gasteiger partial charge in [-0.3, -0.25) is 4.68 Å². The van der Waals surface area contributed by atoms with Crippen LogP contribution in [0, 0.1) is 29.6 Å². The highest BCUT2D eigenvalue weighted by molar-refractivity contribution is 7.99. The van der Waals surface area contributed by atoms with E-state index in [0.29, 0.717) is 17.2 Å². The topological polar surface area (TPSA) is 82.7 Å². The van der Waals surface area contributed by atoms with Gasteiger partial charge in [0.05, 0.1) is 29.0 Å². The number of nitrogens with zero attached hydrogens (tertiary/aromatic N) is 6. The normalized spacial score (nSPS) is 11.9. The van der Waals surface area contributed by atoms with Gasteiger partial charge in [0.2, 0.25) is 0 Å². The van der Waals surface area contributed by atoms with Gasteiger partial charge in [-0.05, 0) is 38.5 Å². The molecule has 0 aliphatic rings. The molecule has 0 amide bonds. The van der Waals surface area contributed by atoms with Crippen molar-refractivity contribution < 1.29 is 0 Å². The van der Waals surface area contributed by atoms with Gasteiger partial charge in [0.1, 0.15) is 12.1 Å². The van der Waals surface area contributed by atoms with Crippen LogP contribution in [0.25, 0.3) is 16.6 Å². The molecule has 0 saturated heterocycles. The average Bonchev–Trinajstić information content (AvgIpc) is 3.36. The Balaban J connectivity index is 1.90. The van der Waals surface area contributed by atoms with Crippen LogP contribution in [0.4, 0.5) is 0 Å². The highest BCUT2D eigenvalue weighted by Gasteiger charge is 2.18. The lowest BCUT2D eigenvalue weighted by Gasteiger charge is -2.13. The summed E-state index contributed by atoms with van der Waals surface area (Å²) in [7, 11) is 0. The summed E-state index contributed by atoms with van der Waals surface area (Å²) in [6, 6.07) is 14.3. The highest BCUT2D eigenvalue weighted by Crippen LogP contribution is 2.37. The zero-order chi connectivity index (χ0) is 21.3. The van der Waals surface area contributed by atoms with E-state index < -0.39 is 0 Å². The summed E-state index contributed by atoms with van der Waals surface area (Å²) < 4.78 is 3.78. The number of rotatable bonds is 5. The first kappa shape index (κ1) is 19.8. The van der Waals surface area contributed by atoms with Gasteiger partial charge in [-0.2, -0.15) is 20.7 Å². The van der Waals surface area contributed by atoms with Crippen LogP contribution in [0.15, 0.2) is 58.7 Å². The third-order valence-electron chi connectivity index (χ3n) is 5.29. The second-order valence-corrected chi connectivity index (χ2v) is 8.20. The van der Waals surface area contributed by atoms with Crippen LogP contribution in [0.2, 0.25) is 0 Å². The number of aromatic nitrogens is 4. The summed E-state index contributed by atoms with van der Waals surface area (Å²) >= 11 is 1.47. The summed E-state index contributed by atoms with van der Waals surface area (Å²) in [5.41, 5.74) is 4.94. The summed E-state index contributed by atoms with van der Waals surface area (Å²) in [6.45, 7) is 6.37. The number of hydrogen-bond donors (Lipinski definition) is 0. The van der Waals surface area contributed by atoms with Crippen LogP contribution < -0.4 is 0 Å². The molecule has 30 heavy (non-hydrogen) atoms. The Bertz CT molecular complexity index is 1320. The minimum absolute atomic E-state index is 0.314. The molecular formula is C23H20N6S. The Morgan fingerprint density at radius 3 is 2.57 bits per heavy atom. The lowest BCUT2D eigenvalue weighted by Crippen LogP contribution is -2.07. The monoisotopic (exact) mass is 412 g/mol. The fourth-order valence-corrected chi connectivity index (χ4v) is 4.58. The summed E-state index contributed by atoms with van der Waals surface area (Å²) in [6.07, 6.45) is 6.39. The maximum atomic E-state index is 9.56. The molecule has 4 aromatic rings. The molecule has 0 N–H and O–H groups in total. The Kier molecular flexibility index (Phi) is 5.31. The Morgan fingerprint density at radius 2 is 1.83 bits per heavy atom. The molecular weight excluding hydrogens is 392 g/mol. The van der Waals surface area contributed by atoms with E-state index >= 15 is 0 Å². The number of fused-ring (bicyclic) bond motifs is 1. The van der Waals surface area contributed by atoms with Gasteiger partial charge in [-0.15, -0.1) is 0 Å². The van der Waals surface area contributed by atoms with Gasteiger partial charge in [0, 0.05) is 38.9 Å². The quantitative estimate of drug-likeness (QED) is 0.440. The molecule has 7 heteroatoms. The maximum absolute atomic E-state index is 9.56. The van der Waals surface area contributed by atoms with Crippen molar-refractivity contribution in [3.8, 4) is 23.3 Å². The third-order valence-corrected chi connectivity index (χ3v) is 6.40. The predicted octanol–water partition coefficient (Wildman–Crippen LogP) is 5.37. The van der Waals surface area contributed by atoms with Crippen LogP contribution in [-0.2, 0) is 0 Å². The van der Waals surface area contributed by atoms with Crippen LogP contribution >= 0.6 is 11.8 Å². The number of nitriles is 2. The van der Waals surface area contributed by atoms with E-state index in [1.165, 1.54) is 11.8 Å². The predicted molar refractivity (Wildman–Crippen MR) is 116 cm³/mol.